The number of anilines is 1. The monoisotopic (exact) mass is 368 g/mol. The maximum atomic E-state index is 12.9. The van der Waals surface area contributed by atoms with Crippen LogP contribution < -0.4 is 10.6 Å². The molecule has 1 saturated carbocycles. The van der Waals surface area contributed by atoms with Crippen molar-refractivity contribution in [3.8, 4) is 0 Å². The number of hydrogen-bond acceptors (Lipinski definition) is 3. The highest BCUT2D eigenvalue weighted by atomic mass is 16.2. The number of carbonyl (C=O) groups is 1. The molecule has 1 aliphatic carbocycles. The third-order valence-corrected chi connectivity index (χ3v) is 6.18. The Kier molecular flexibility index (Phi) is 4.75. The number of para-hydroxylation sites is 1. The van der Waals surface area contributed by atoms with Gasteiger partial charge in [0.05, 0.1) is 11.6 Å². The summed E-state index contributed by atoms with van der Waals surface area (Å²) in [6.45, 7) is 8.28. The Hall–Kier alpha value is -1.88. The second-order valence-corrected chi connectivity index (χ2v) is 9.36. The van der Waals surface area contributed by atoms with Gasteiger partial charge in [-0.25, -0.2) is 0 Å². The number of hydrogen-bond donors (Lipinski definition) is 2. The van der Waals surface area contributed by atoms with E-state index in [1.807, 2.05) is 25.7 Å². The van der Waals surface area contributed by atoms with Gasteiger partial charge in [-0.15, -0.1) is 0 Å². The molecule has 1 unspecified atom stereocenters. The Labute approximate surface area is 162 Å². The molecule has 27 heavy (non-hydrogen) atoms. The zero-order valence-corrected chi connectivity index (χ0v) is 16.8. The summed E-state index contributed by atoms with van der Waals surface area (Å²) in [6, 6.07) is 8.85. The highest BCUT2D eigenvalue weighted by molar-refractivity contribution is 6.04. The lowest BCUT2D eigenvalue weighted by Crippen LogP contribution is -2.56. The first-order chi connectivity index (χ1) is 12.9. The van der Waals surface area contributed by atoms with Crippen LogP contribution >= 0.6 is 0 Å². The van der Waals surface area contributed by atoms with E-state index >= 15 is 0 Å². The van der Waals surface area contributed by atoms with Gasteiger partial charge in [0.1, 0.15) is 5.84 Å². The quantitative estimate of drug-likeness (QED) is 0.797. The Balaban J connectivity index is 1.66. The van der Waals surface area contributed by atoms with E-state index in [0.717, 1.165) is 31.0 Å². The molecular weight excluding hydrogens is 336 g/mol. The summed E-state index contributed by atoms with van der Waals surface area (Å²) in [7, 11) is 0. The molecule has 2 heterocycles. The van der Waals surface area contributed by atoms with Crippen LogP contribution in [0.15, 0.2) is 29.3 Å². The number of amides is 1. The van der Waals surface area contributed by atoms with Crippen molar-refractivity contribution in [2.24, 2.45) is 10.4 Å². The summed E-state index contributed by atoms with van der Waals surface area (Å²) in [6.07, 6.45) is 5.79. The molecule has 1 saturated heterocycles. The maximum absolute atomic E-state index is 12.9. The molecule has 1 aromatic rings. The molecule has 0 radical (unpaired) electrons. The average molecular weight is 369 g/mol. The minimum atomic E-state index is -0.352. The molecule has 0 aromatic heterocycles. The summed E-state index contributed by atoms with van der Waals surface area (Å²) < 4.78 is 0. The van der Waals surface area contributed by atoms with E-state index in [0.29, 0.717) is 12.6 Å². The van der Waals surface area contributed by atoms with Crippen LogP contribution in [0, 0.1) is 5.41 Å². The van der Waals surface area contributed by atoms with E-state index in [1.54, 1.807) is 0 Å². The van der Waals surface area contributed by atoms with E-state index in [2.05, 4.69) is 34.9 Å². The minimum Gasteiger partial charge on any atom is -0.342 e. The van der Waals surface area contributed by atoms with Crippen molar-refractivity contribution in [2.45, 2.75) is 71.0 Å². The highest BCUT2D eigenvalue weighted by Crippen LogP contribution is 2.33. The molecule has 2 aliphatic heterocycles. The molecule has 146 valence electrons. The molecule has 5 heteroatoms. The van der Waals surface area contributed by atoms with Gasteiger partial charge in [0.25, 0.3) is 0 Å². The number of likely N-dealkylation sites (tertiary alicyclic amines) is 1. The molecule has 1 spiro atoms. The van der Waals surface area contributed by atoms with Crippen LogP contribution in [0.25, 0.3) is 0 Å². The van der Waals surface area contributed by atoms with Gasteiger partial charge in [-0.1, -0.05) is 51.8 Å². The number of carbonyl (C=O) groups excluding carboxylic acids is 1. The largest absolute Gasteiger partial charge is 0.342 e. The van der Waals surface area contributed by atoms with Gasteiger partial charge in [0.2, 0.25) is 5.91 Å². The van der Waals surface area contributed by atoms with Gasteiger partial charge in [-0.2, -0.15) is 0 Å². The Morgan fingerprint density at radius 1 is 1.22 bits per heavy atom. The van der Waals surface area contributed by atoms with Crippen LogP contribution in [0.5, 0.6) is 0 Å². The summed E-state index contributed by atoms with van der Waals surface area (Å²) in [5.74, 6) is 1.26. The lowest BCUT2D eigenvalue weighted by atomic mass is 9.94. The van der Waals surface area contributed by atoms with E-state index < -0.39 is 0 Å². The minimum absolute atomic E-state index is 0.225. The van der Waals surface area contributed by atoms with Crippen LogP contribution in [-0.2, 0) is 11.3 Å². The molecule has 2 fully saturated rings. The van der Waals surface area contributed by atoms with E-state index in [-0.39, 0.29) is 16.9 Å². The van der Waals surface area contributed by atoms with Gasteiger partial charge < -0.3 is 10.2 Å². The first-order valence-corrected chi connectivity index (χ1v) is 10.4. The summed E-state index contributed by atoms with van der Waals surface area (Å²) in [4.78, 5) is 20.1. The number of nitrogens with one attached hydrogen (secondary N) is 2. The van der Waals surface area contributed by atoms with Gasteiger partial charge >= 0.3 is 0 Å². The fourth-order valence-electron chi connectivity index (χ4n) is 4.56. The van der Waals surface area contributed by atoms with Crippen molar-refractivity contribution in [3.63, 3.8) is 0 Å². The molecule has 0 bridgehead atoms. The third-order valence-electron chi connectivity index (χ3n) is 6.18. The number of aliphatic imine (C=N–C) groups is 1. The molecule has 5 nitrogen and oxygen atoms in total. The van der Waals surface area contributed by atoms with Crippen molar-refractivity contribution in [2.75, 3.05) is 18.4 Å². The Morgan fingerprint density at radius 3 is 2.70 bits per heavy atom. The van der Waals surface area contributed by atoms with E-state index in [9.17, 15) is 4.79 Å². The first kappa shape index (κ1) is 18.5. The van der Waals surface area contributed by atoms with Gasteiger partial charge in [0, 0.05) is 30.7 Å². The third kappa shape index (κ3) is 3.62. The summed E-state index contributed by atoms with van der Waals surface area (Å²) >= 11 is 0. The zero-order chi connectivity index (χ0) is 19.1. The normalized spacial score (nSPS) is 27.7. The highest BCUT2D eigenvalue weighted by Gasteiger charge is 2.47. The smallest absolute Gasteiger partial charge is 0.228 e. The lowest BCUT2D eigenvalue weighted by Gasteiger charge is -2.32. The number of fused-ring (bicyclic) bond motifs is 1. The van der Waals surface area contributed by atoms with E-state index in [4.69, 9.17) is 4.99 Å². The van der Waals surface area contributed by atoms with Crippen molar-refractivity contribution >= 4 is 17.4 Å². The number of amidine groups is 1. The number of rotatable bonds is 1. The topological polar surface area (TPSA) is 56.7 Å². The summed E-state index contributed by atoms with van der Waals surface area (Å²) in [5.41, 5.74) is 1.77. The molecule has 1 aromatic carbocycles. The van der Waals surface area contributed by atoms with Crippen LogP contribution in [0.1, 0.15) is 58.4 Å². The molecular formula is C22H32N4O. The van der Waals surface area contributed by atoms with Crippen molar-refractivity contribution in [1.29, 1.82) is 0 Å². The fraction of sp³-hybridized carbons (Fsp3) is 0.636. The van der Waals surface area contributed by atoms with E-state index in [1.165, 1.54) is 31.2 Å². The maximum Gasteiger partial charge on any atom is 0.228 e. The number of nitrogens with zero attached hydrogens (tertiary/aromatic N) is 2. The number of benzene rings is 1. The molecule has 2 N–H and O–H groups in total. The Bertz CT molecular complexity index is 745. The molecule has 3 aliphatic rings. The predicted octanol–water partition coefficient (Wildman–Crippen LogP) is 3.56. The van der Waals surface area contributed by atoms with Gasteiger partial charge in [-0.05, 0) is 30.9 Å². The lowest BCUT2D eigenvalue weighted by molar-refractivity contribution is -0.138. The standard InChI is InChI=1S/C22H32N4O/c1-21(2,3)20(27)26-13-12-22(15-26)19(24-17-9-5-6-10-17)25-18-11-7-4-8-16(18)14-23-22/h4,7-8,11,17,23H,5-6,9-10,12-15H2,1-3H3,(H,24,25). The molecule has 4 rings (SSSR count). The van der Waals surface area contributed by atoms with Crippen molar-refractivity contribution < 1.29 is 4.79 Å². The fourth-order valence-corrected chi connectivity index (χ4v) is 4.56. The second kappa shape index (κ2) is 6.93. The average Bonchev–Trinajstić information content (AvgIpc) is 3.26. The van der Waals surface area contributed by atoms with Crippen molar-refractivity contribution in [1.82, 2.24) is 10.2 Å². The second-order valence-electron chi connectivity index (χ2n) is 9.36. The van der Waals surface area contributed by atoms with Crippen molar-refractivity contribution in [3.05, 3.63) is 29.8 Å². The summed E-state index contributed by atoms with van der Waals surface area (Å²) in [5, 5.41) is 7.45. The van der Waals surface area contributed by atoms with Gasteiger partial charge in [0.15, 0.2) is 0 Å². The Morgan fingerprint density at radius 2 is 1.96 bits per heavy atom. The zero-order valence-electron chi connectivity index (χ0n) is 16.8. The van der Waals surface area contributed by atoms with Crippen LogP contribution in [-0.4, -0.2) is 41.3 Å². The van der Waals surface area contributed by atoms with Crippen LogP contribution in [0.3, 0.4) is 0 Å². The van der Waals surface area contributed by atoms with Gasteiger partial charge in [-0.3, -0.25) is 15.1 Å². The van der Waals surface area contributed by atoms with Crippen LogP contribution in [0.2, 0.25) is 0 Å². The predicted molar refractivity (Wildman–Crippen MR) is 110 cm³/mol. The SMILES string of the molecule is CC(C)(C)C(=O)N1CCC2(C1)NCc1ccccc1NC2=NC1CCCC1. The molecule has 1 atom stereocenters. The first-order valence-electron chi connectivity index (χ1n) is 10.4. The van der Waals surface area contributed by atoms with Crippen LogP contribution in [0.4, 0.5) is 5.69 Å². The molecule has 1 amide bonds.